The second kappa shape index (κ2) is 6.54. The predicted molar refractivity (Wildman–Crippen MR) is 86.9 cm³/mol. The van der Waals surface area contributed by atoms with Gasteiger partial charge in [0.05, 0.1) is 17.9 Å². The fraction of sp³-hybridized carbons (Fsp3) is 0.562. The van der Waals surface area contributed by atoms with Crippen molar-refractivity contribution >= 4 is 5.91 Å². The van der Waals surface area contributed by atoms with Crippen molar-refractivity contribution in [2.45, 2.75) is 52.9 Å². The van der Waals surface area contributed by atoms with E-state index >= 15 is 0 Å². The second-order valence-corrected chi connectivity index (χ2v) is 6.39. The summed E-state index contributed by atoms with van der Waals surface area (Å²) in [5, 5.41) is 14.3. The van der Waals surface area contributed by atoms with Crippen LogP contribution in [0.1, 0.15) is 47.8 Å². The molecule has 7 heteroatoms. The Labute approximate surface area is 136 Å². The molecule has 7 nitrogen and oxygen atoms in total. The van der Waals surface area contributed by atoms with Crippen LogP contribution in [0.15, 0.2) is 12.1 Å². The average molecular weight is 316 g/mol. The molecule has 124 valence electrons. The van der Waals surface area contributed by atoms with E-state index in [1.807, 2.05) is 23.7 Å². The van der Waals surface area contributed by atoms with Gasteiger partial charge in [-0.3, -0.25) is 19.5 Å². The fourth-order valence-corrected chi connectivity index (χ4v) is 2.87. The third kappa shape index (κ3) is 3.61. The topological polar surface area (TPSA) is 78.8 Å². The van der Waals surface area contributed by atoms with Gasteiger partial charge in [-0.05, 0) is 39.3 Å². The number of nitrogens with one attached hydrogen (secondary N) is 2. The Bertz CT molecular complexity index is 687. The Kier molecular flexibility index (Phi) is 4.47. The highest BCUT2D eigenvalue weighted by Gasteiger charge is 2.20. The van der Waals surface area contributed by atoms with Crippen molar-refractivity contribution in [3.8, 4) is 0 Å². The van der Waals surface area contributed by atoms with Crippen LogP contribution in [-0.4, -0.2) is 43.4 Å². The van der Waals surface area contributed by atoms with E-state index in [9.17, 15) is 4.79 Å². The third-order valence-corrected chi connectivity index (χ3v) is 4.20. The van der Waals surface area contributed by atoms with Gasteiger partial charge in [0.15, 0.2) is 5.69 Å². The molecule has 0 unspecified atom stereocenters. The summed E-state index contributed by atoms with van der Waals surface area (Å²) in [6.45, 7) is 9.52. The first-order valence-electron chi connectivity index (χ1n) is 8.13. The summed E-state index contributed by atoms with van der Waals surface area (Å²) < 4.78 is 1.97. The van der Waals surface area contributed by atoms with Crippen LogP contribution in [-0.2, 0) is 19.6 Å². The molecule has 1 aliphatic heterocycles. The Hall–Kier alpha value is -2.15. The molecule has 2 aromatic rings. The SMILES string of the molecule is Cc1cc(CNC(=O)c2cc3n(n2)CCCN(C(C)C)C3)n[nH]1. The molecule has 0 aromatic carbocycles. The zero-order valence-corrected chi connectivity index (χ0v) is 14.0. The Morgan fingerprint density at radius 3 is 2.91 bits per heavy atom. The van der Waals surface area contributed by atoms with Crippen molar-refractivity contribution in [3.05, 3.63) is 34.9 Å². The van der Waals surface area contributed by atoms with Crippen molar-refractivity contribution in [3.63, 3.8) is 0 Å². The summed E-state index contributed by atoms with van der Waals surface area (Å²) in [4.78, 5) is 14.7. The highest BCUT2D eigenvalue weighted by Crippen LogP contribution is 2.16. The molecule has 0 spiro atoms. The maximum Gasteiger partial charge on any atom is 0.272 e. The van der Waals surface area contributed by atoms with E-state index in [1.165, 1.54) is 0 Å². The summed E-state index contributed by atoms with van der Waals surface area (Å²) in [6.07, 6.45) is 1.06. The molecule has 1 aliphatic rings. The minimum atomic E-state index is -0.151. The van der Waals surface area contributed by atoms with Crippen LogP contribution in [0.25, 0.3) is 0 Å². The number of carbonyl (C=O) groups is 1. The fourth-order valence-electron chi connectivity index (χ4n) is 2.87. The minimum Gasteiger partial charge on any atom is -0.345 e. The number of carbonyl (C=O) groups excluding carboxylic acids is 1. The maximum absolute atomic E-state index is 12.3. The van der Waals surface area contributed by atoms with Crippen LogP contribution in [0, 0.1) is 6.92 Å². The molecule has 0 atom stereocenters. The number of hydrogen-bond donors (Lipinski definition) is 2. The Balaban J connectivity index is 1.67. The normalized spacial score (nSPS) is 15.5. The number of aromatic amines is 1. The number of amides is 1. The van der Waals surface area contributed by atoms with Crippen LogP contribution in [0.2, 0.25) is 0 Å². The van der Waals surface area contributed by atoms with Crippen molar-refractivity contribution in [1.29, 1.82) is 0 Å². The van der Waals surface area contributed by atoms with Gasteiger partial charge in [0.25, 0.3) is 5.91 Å². The molecule has 0 aliphatic carbocycles. The van der Waals surface area contributed by atoms with E-state index in [4.69, 9.17) is 0 Å². The van der Waals surface area contributed by atoms with Crippen molar-refractivity contribution < 1.29 is 4.79 Å². The van der Waals surface area contributed by atoms with Crippen LogP contribution < -0.4 is 5.32 Å². The smallest absolute Gasteiger partial charge is 0.272 e. The van der Waals surface area contributed by atoms with Gasteiger partial charge in [-0.25, -0.2) is 0 Å². The molecule has 0 radical (unpaired) electrons. The molecule has 2 aromatic heterocycles. The van der Waals surface area contributed by atoms with E-state index in [1.54, 1.807) is 0 Å². The van der Waals surface area contributed by atoms with Crippen molar-refractivity contribution in [2.24, 2.45) is 0 Å². The molecule has 2 N–H and O–H groups in total. The molecule has 0 fully saturated rings. The van der Waals surface area contributed by atoms with E-state index < -0.39 is 0 Å². The predicted octanol–water partition coefficient (Wildman–Crippen LogP) is 1.46. The van der Waals surface area contributed by atoms with E-state index in [0.29, 0.717) is 18.3 Å². The van der Waals surface area contributed by atoms with Crippen molar-refractivity contribution in [2.75, 3.05) is 6.54 Å². The monoisotopic (exact) mass is 316 g/mol. The van der Waals surface area contributed by atoms with Gasteiger partial charge in [0.2, 0.25) is 0 Å². The maximum atomic E-state index is 12.3. The third-order valence-electron chi connectivity index (χ3n) is 4.20. The zero-order valence-electron chi connectivity index (χ0n) is 14.0. The molecule has 1 amide bonds. The first-order valence-corrected chi connectivity index (χ1v) is 8.13. The summed E-state index contributed by atoms with van der Waals surface area (Å²) >= 11 is 0. The highest BCUT2D eigenvalue weighted by molar-refractivity contribution is 5.92. The van der Waals surface area contributed by atoms with Crippen LogP contribution in [0.4, 0.5) is 0 Å². The number of rotatable bonds is 4. The molecule has 3 rings (SSSR count). The number of hydrogen-bond acceptors (Lipinski definition) is 4. The van der Waals surface area contributed by atoms with Gasteiger partial charge in [-0.15, -0.1) is 0 Å². The zero-order chi connectivity index (χ0) is 16.4. The number of aromatic nitrogens is 4. The van der Waals surface area contributed by atoms with Gasteiger partial charge in [0, 0.05) is 31.4 Å². The number of aryl methyl sites for hydroxylation is 2. The number of H-pyrrole nitrogens is 1. The van der Waals surface area contributed by atoms with E-state index in [0.717, 1.165) is 43.1 Å². The lowest BCUT2D eigenvalue weighted by atomic mass is 10.2. The molecular formula is C16H24N6O. The van der Waals surface area contributed by atoms with Gasteiger partial charge in [0.1, 0.15) is 0 Å². The van der Waals surface area contributed by atoms with E-state index in [-0.39, 0.29) is 5.91 Å². The average Bonchev–Trinajstić information content (AvgIpc) is 3.05. The molecule has 0 bridgehead atoms. The van der Waals surface area contributed by atoms with Gasteiger partial charge < -0.3 is 5.32 Å². The largest absolute Gasteiger partial charge is 0.345 e. The quantitative estimate of drug-likeness (QED) is 0.895. The van der Waals surface area contributed by atoms with Crippen LogP contribution in [0.3, 0.4) is 0 Å². The summed E-state index contributed by atoms with van der Waals surface area (Å²) in [5.41, 5.74) is 3.40. The lowest BCUT2D eigenvalue weighted by Crippen LogP contribution is -2.30. The van der Waals surface area contributed by atoms with Gasteiger partial charge in [-0.2, -0.15) is 10.2 Å². The standard InChI is InChI=1S/C16H24N6O/c1-11(2)21-5-4-6-22-14(10-21)8-15(20-22)16(23)17-9-13-7-12(3)18-19-13/h7-8,11H,4-6,9-10H2,1-3H3,(H,17,23)(H,18,19). The summed E-state index contributed by atoms with van der Waals surface area (Å²) in [6, 6.07) is 4.33. The molecule has 3 heterocycles. The van der Waals surface area contributed by atoms with Crippen molar-refractivity contribution in [1.82, 2.24) is 30.2 Å². The summed E-state index contributed by atoms with van der Waals surface area (Å²) in [7, 11) is 0. The van der Waals surface area contributed by atoms with E-state index in [2.05, 4.69) is 39.4 Å². The first kappa shape index (κ1) is 15.7. The molecule has 0 saturated heterocycles. The lowest BCUT2D eigenvalue weighted by Gasteiger charge is -2.23. The van der Waals surface area contributed by atoms with Gasteiger partial charge in [-0.1, -0.05) is 0 Å². The number of nitrogens with zero attached hydrogens (tertiary/aromatic N) is 4. The minimum absolute atomic E-state index is 0.151. The van der Waals surface area contributed by atoms with Crippen LogP contribution >= 0.6 is 0 Å². The number of fused-ring (bicyclic) bond motifs is 1. The molecular weight excluding hydrogens is 292 g/mol. The molecule has 0 saturated carbocycles. The highest BCUT2D eigenvalue weighted by atomic mass is 16.1. The van der Waals surface area contributed by atoms with Gasteiger partial charge >= 0.3 is 0 Å². The second-order valence-electron chi connectivity index (χ2n) is 6.39. The Morgan fingerprint density at radius 1 is 1.39 bits per heavy atom. The summed E-state index contributed by atoms with van der Waals surface area (Å²) in [5.74, 6) is -0.151. The first-order chi connectivity index (χ1) is 11.0. The molecule has 23 heavy (non-hydrogen) atoms. The lowest BCUT2D eigenvalue weighted by molar-refractivity contribution is 0.0944. The Morgan fingerprint density at radius 2 is 2.22 bits per heavy atom. The van der Waals surface area contributed by atoms with Crippen LogP contribution in [0.5, 0.6) is 0 Å².